The fraction of sp³-hybridized carbons (Fsp3) is 0.778. The monoisotopic (exact) mass is 220 g/mol. The van der Waals surface area contributed by atoms with E-state index in [2.05, 4.69) is 10.6 Å². The quantitative estimate of drug-likeness (QED) is 0.692. The minimum atomic E-state index is -0.476. The Bertz CT molecular complexity index is 197. The highest BCUT2D eigenvalue weighted by Crippen LogP contribution is 2.00. The molecule has 0 aromatic heterocycles. The van der Waals surface area contributed by atoms with Gasteiger partial charge in [-0.25, -0.2) is 4.79 Å². The third-order valence-corrected chi connectivity index (χ3v) is 2.08. The molecule has 0 aromatic carbocycles. The zero-order valence-electron chi connectivity index (χ0n) is 8.60. The third kappa shape index (κ3) is 5.80. The van der Waals surface area contributed by atoms with Crippen LogP contribution >= 0.6 is 11.6 Å². The minimum Gasteiger partial charge on any atom is -0.335 e. The fourth-order valence-electron chi connectivity index (χ4n) is 1.11. The molecule has 5 heteroatoms. The van der Waals surface area contributed by atoms with Crippen molar-refractivity contribution in [2.45, 2.75) is 39.2 Å². The van der Waals surface area contributed by atoms with Crippen LogP contribution in [0.5, 0.6) is 0 Å². The van der Waals surface area contributed by atoms with Crippen molar-refractivity contribution in [3.05, 3.63) is 0 Å². The van der Waals surface area contributed by atoms with Gasteiger partial charge >= 0.3 is 6.03 Å². The van der Waals surface area contributed by atoms with Crippen LogP contribution in [-0.4, -0.2) is 23.9 Å². The summed E-state index contributed by atoms with van der Waals surface area (Å²) >= 11 is 5.24. The van der Waals surface area contributed by atoms with Gasteiger partial charge in [-0.3, -0.25) is 10.1 Å². The first-order valence-electron chi connectivity index (χ1n) is 4.80. The molecular formula is C9H17ClN2O2. The van der Waals surface area contributed by atoms with Gasteiger partial charge in [-0.05, 0) is 12.8 Å². The Balaban J connectivity index is 3.84. The molecule has 0 rings (SSSR count). The lowest BCUT2D eigenvalue weighted by molar-refractivity contribution is -0.117. The first kappa shape index (κ1) is 13.2. The molecule has 0 aliphatic rings. The molecule has 0 aliphatic carbocycles. The molecule has 1 atom stereocenters. The summed E-state index contributed by atoms with van der Waals surface area (Å²) in [4.78, 5) is 21.9. The molecule has 2 N–H and O–H groups in total. The molecule has 0 bridgehead atoms. The van der Waals surface area contributed by atoms with Crippen LogP contribution < -0.4 is 10.6 Å². The molecule has 0 aliphatic heterocycles. The summed E-state index contributed by atoms with van der Waals surface area (Å²) in [5.41, 5.74) is 0. The predicted octanol–water partition coefficient (Wildman–Crippen LogP) is 1.63. The second kappa shape index (κ2) is 7.62. The van der Waals surface area contributed by atoms with Gasteiger partial charge in [0.2, 0.25) is 5.91 Å². The number of rotatable bonds is 5. The van der Waals surface area contributed by atoms with Crippen LogP contribution in [0, 0.1) is 0 Å². The maximum atomic E-state index is 11.2. The molecule has 3 amide bonds. The highest BCUT2D eigenvalue weighted by atomic mass is 35.5. The maximum absolute atomic E-state index is 11.2. The average Bonchev–Trinajstić information content (AvgIpc) is 2.16. The Kier molecular flexibility index (Phi) is 7.20. The van der Waals surface area contributed by atoms with Crippen molar-refractivity contribution in [2.75, 3.05) is 5.88 Å². The normalized spacial score (nSPS) is 11.9. The number of hydrogen-bond acceptors (Lipinski definition) is 2. The van der Waals surface area contributed by atoms with Gasteiger partial charge in [0.1, 0.15) is 5.88 Å². The summed E-state index contributed by atoms with van der Waals surface area (Å²) in [5.74, 6) is -0.673. The zero-order chi connectivity index (χ0) is 11.0. The first-order chi connectivity index (χ1) is 6.63. The van der Waals surface area contributed by atoms with Crippen molar-refractivity contribution in [3.8, 4) is 0 Å². The van der Waals surface area contributed by atoms with E-state index in [0.29, 0.717) is 0 Å². The summed E-state index contributed by atoms with van der Waals surface area (Å²) in [7, 11) is 0. The largest absolute Gasteiger partial charge is 0.335 e. The Hall–Kier alpha value is -0.770. The average molecular weight is 221 g/mol. The van der Waals surface area contributed by atoms with Crippen LogP contribution in [0.15, 0.2) is 0 Å². The number of alkyl halides is 1. The number of halogens is 1. The highest BCUT2D eigenvalue weighted by molar-refractivity contribution is 6.28. The summed E-state index contributed by atoms with van der Waals surface area (Å²) in [6.45, 7) is 4.04. The second-order valence-corrected chi connectivity index (χ2v) is 3.32. The van der Waals surface area contributed by atoms with Gasteiger partial charge in [0.25, 0.3) is 0 Å². The number of carbonyl (C=O) groups excluding carboxylic acids is 2. The molecule has 0 spiro atoms. The lowest BCUT2D eigenvalue weighted by Gasteiger charge is -2.15. The molecule has 0 aromatic rings. The molecular weight excluding hydrogens is 204 g/mol. The van der Waals surface area contributed by atoms with Gasteiger partial charge in [0.15, 0.2) is 0 Å². The Labute approximate surface area is 89.4 Å². The molecule has 14 heavy (non-hydrogen) atoms. The van der Waals surface area contributed by atoms with E-state index < -0.39 is 11.9 Å². The Morgan fingerprint density at radius 3 is 2.43 bits per heavy atom. The van der Waals surface area contributed by atoms with E-state index in [1.165, 1.54) is 0 Å². The molecule has 0 radical (unpaired) electrons. The van der Waals surface area contributed by atoms with Crippen molar-refractivity contribution >= 4 is 23.5 Å². The summed E-state index contributed by atoms with van der Waals surface area (Å²) in [5, 5.41) is 4.84. The lowest BCUT2D eigenvalue weighted by atomic mass is 10.1. The van der Waals surface area contributed by atoms with Crippen LogP contribution in [0.1, 0.15) is 33.1 Å². The van der Waals surface area contributed by atoms with E-state index in [9.17, 15) is 9.59 Å². The van der Waals surface area contributed by atoms with Crippen LogP contribution in [0.2, 0.25) is 0 Å². The number of hydrogen-bond donors (Lipinski definition) is 2. The number of urea groups is 1. The topological polar surface area (TPSA) is 58.2 Å². The van der Waals surface area contributed by atoms with Gasteiger partial charge < -0.3 is 5.32 Å². The highest BCUT2D eigenvalue weighted by Gasteiger charge is 2.10. The van der Waals surface area contributed by atoms with Gasteiger partial charge in [-0.2, -0.15) is 0 Å². The standard InChI is InChI=1S/C9H17ClN2O2/c1-3-5-7(4-2)11-9(14)12-8(13)6-10/h7H,3-6H2,1-2H3,(H2,11,12,13,14). The van der Waals surface area contributed by atoms with Crippen LogP contribution in [-0.2, 0) is 4.79 Å². The molecule has 4 nitrogen and oxygen atoms in total. The van der Waals surface area contributed by atoms with Crippen LogP contribution in [0.25, 0.3) is 0 Å². The smallest absolute Gasteiger partial charge is 0.321 e. The van der Waals surface area contributed by atoms with Crippen molar-refractivity contribution in [1.82, 2.24) is 10.6 Å². The molecule has 1 unspecified atom stereocenters. The van der Waals surface area contributed by atoms with Gasteiger partial charge in [-0.15, -0.1) is 11.6 Å². The summed E-state index contributed by atoms with van der Waals surface area (Å²) < 4.78 is 0. The van der Waals surface area contributed by atoms with Crippen molar-refractivity contribution in [1.29, 1.82) is 0 Å². The van der Waals surface area contributed by atoms with E-state index in [0.717, 1.165) is 19.3 Å². The van der Waals surface area contributed by atoms with E-state index in [1.807, 2.05) is 13.8 Å². The predicted molar refractivity (Wildman–Crippen MR) is 56.4 cm³/mol. The molecule has 0 saturated carbocycles. The van der Waals surface area contributed by atoms with Crippen molar-refractivity contribution in [2.24, 2.45) is 0 Å². The zero-order valence-corrected chi connectivity index (χ0v) is 9.36. The van der Waals surface area contributed by atoms with Crippen LogP contribution in [0.3, 0.4) is 0 Å². The Morgan fingerprint density at radius 2 is 2.00 bits per heavy atom. The number of amides is 3. The SMILES string of the molecule is CCCC(CC)NC(=O)NC(=O)CCl. The van der Waals surface area contributed by atoms with E-state index in [-0.39, 0.29) is 11.9 Å². The number of nitrogens with one attached hydrogen (secondary N) is 2. The molecule has 82 valence electrons. The van der Waals surface area contributed by atoms with Gasteiger partial charge in [0.05, 0.1) is 0 Å². The van der Waals surface area contributed by atoms with E-state index in [4.69, 9.17) is 11.6 Å². The molecule has 0 heterocycles. The van der Waals surface area contributed by atoms with Gasteiger partial charge in [-0.1, -0.05) is 20.3 Å². The molecule has 0 saturated heterocycles. The van der Waals surface area contributed by atoms with Crippen molar-refractivity contribution < 1.29 is 9.59 Å². The van der Waals surface area contributed by atoms with E-state index >= 15 is 0 Å². The maximum Gasteiger partial charge on any atom is 0.321 e. The minimum absolute atomic E-state index is 0.128. The van der Waals surface area contributed by atoms with Crippen LogP contribution in [0.4, 0.5) is 4.79 Å². The summed E-state index contributed by atoms with van der Waals surface area (Å²) in [6.07, 6.45) is 2.78. The summed E-state index contributed by atoms with van der Waals surface area (Å²) in [6, 6.07) is -0.334. The van der Waals surface area contributed by atoms with E-state index in [1.54, 1.807) is 0 Å². The van der Waals surface area contributed by atoms with Crippen molar-refractivity contribution in [3.63, 3.8) is 0 Å². The second-order valence-electron chi connectivity index (χ2n) is 3.05. The molecule has 0 fully saturated rings. The Morgan fingerprint density at radius 1 is 1.36 bits per heavy atom. The first-order valence-corrected chi connectivity index (χ1v) is 5.33. The number of imide groups is 1. The van der Waals surface area contributed by atoms with Gasteiger partial charge in [0, 0.05) is 6.04 Å². The third-order valence-electron chi connectivity index (χ3n) is 1.84. The number of carbonyl (C=O) groups is 2. The lowest BCUT2D eigenvalue weighted by Crippen LogP contribution is -2.44. The fourth-order valence-corrected chi connectivity index (χ4v) is 1.18.